The lowest BCUT2D eigenvalue weighted by molar-refractivity contribution is 0.0835. The molecule has 2 aromatic rings. The molecule has 9 nitrogen and oxygen atoms in total. The van der Waals surface area contributed by atoms with Crippen LogP contribution in [0.2, 0.25) is 0 Å². The number of hydrogen-bond donors (Lipinski definition) is 1. The van der Waals surface area contributed by atoms with Gasteiger partial charge in [0, 0.05) is 6.54 Å². The van der Waals surface area contributed by atoms with Crippen molar-refractivity contribution in [3.63, 3.8) is 0 Å². The van der Waals surface area contributed by atoms with Crippen molar-refractivity contribution in [3.05, 3.63) is 41.3 Å². The lowest BCUT2D eigenvalue weighted by Crippen LogP contribution is -2.53. The number of fused-ring (bicyclic) bond motifs is 5. The lowest BCUT2D eigenvalue weighted by atomic mass is 10.1. The number of imidazole rings is 1. The Morgan fingerprint density at radius 1 is 1.27 bits per heavy atom. The third-order valence-electron chi connectivity index (χ3n) is 6.18. The van der Waals surface area contributed by atoms with Gasteiger partial charge in [-0.05, 0) is 43.9 Å². The van der Waals surface area contributed by atoms with E-state index in [1.165, 1.54) is 0 Å². The Labute approximate surface area is 174 Å². The van der Waals surface area contributed by atoms with Crippen LogP contribution in [0.5, 0.6) is 5.75 Å². The van der Waals surface area contributed by atoms with Gasteiger partial charge >= 0.3 is 0 Å². The first-order valence-corrected chi connectivity index (χ1v) is 10.3. The molecule has 156 valence electrons. The zero-order valence-corrected chi connectivity index (χ0v) is 17.0. The quantitative estimate of drug-likeness (QED) is 0.809. The summed E-state index contributed by atoms with van der Waals surface area (Å²) in [5, 5.41) is 0. The van der Waals surface area contributed by atoms with Crippen LogP contribution in [0, 0.1) is 0 Å². The van der Waals surface area contributed by atoms with E-state index < -0.39 is 5.91 Å². The summed E-state index contributed by atoms with van der Waals surface area (Å²) in [5.74, 6) is 1.11. The fourth-order valence-corrected chi connectivity index (χ4v) is 4.76. The van der Waals surface area contributed by atoms with Gasteiger partial charge in [-0.15, -0.1) is 0 Å². The number of benzene rings is 1. The first-order chi connectivity index (χ1) is 14.5. The topological polar surface area (TPSA) is 106 Å². The van der Waals surface area contributed by atoms with Crippen LogP contribution in [0.15, 0.2) is 29.3 Å². The van der Waals surface area contributed by atoms with E-state index in [4.69, 9.17) is 15.5 Å². The van der Waals surface area contributed by atoms with Crippen LogP contribution in [0.3, 0.4) is 0 Å². The van der Waals surface area contributed by atoms with Crippen LogP contribution in [0.25, 0.3) is 0 Å². The molecule has 2 N–H and O–H groups in total. The van der Waals surface area contributed by atoms with Crippen LogP contribution in [-0.2, 0) is 6.54 Å². The van der Waals surface area contributed by atoms with Crippen molar-refractivity contribution in [2.75, 3.05) is 18.6 Å². The Morgan fingerprint density at radius 2 is 2.03 bits per heavy atom. The van der Waals surface area contributed by atoms with E-state index in [1.54, 1.807) is 16.6 Å². The molecule has 3 heterocycles. The largest absolute Gasteiger partial charge is 0.497 e. The molecule has 2 atom stereocenters. The average Bonchev–Trinajstić information content (AvgIpc) is 3.42. The lowest BCUT2D eigenvalue weighted by Gasteiger charge is -2.35. The molecule has 3 aliphatic rings. The van der Waals surface area contributed by atoms with Gasteiger partial charge in [-0.3, -0.25) is 19.4 Å². The number of hydrogen-bond acceptors (Lipinski definition) is 6. The highest BCUT2D eigenvalue weighted by Gasteiger charge is 2.50. The number of methoxy groups -OCH3 is 1. The molecule has 1 fully saturated rings. The van der Waals surface area contributed by atoms with Crippen LogP contribution in [0.1, 0.15) is 52.9 Å². The molecule has 0 spiro atoms. The van der Waals surface area contributed by atoms with Gasteiger partial charge in [0.2, 0.25) is 11.8 Å². The highest BCUT2D eigenvalue weighted by atomic mass is 16.5. The van der Waals surface area contributed by atoms with Crippen molar-refractivity contribution >= 4 is 23.6 Å². The summed E-state index contributed by atoms with van der Waals surface area (Å²) in [6.07, 6.45) is 3.08. The predicted octanol–water partition coefficient (Wildman–Crippen LogP) is 1.61. The minimum atomic E-state index is -0.658. The third-order valence-corrected chi connectivity index (χ3v) is 6.18. The van der Waals surface area contributed by atoms with Gasteiger partial charge in [0.15, 0.2) is 11.5 Å². The van der Waals surface area contributed by atoms with Gasteiger partial charge in [-0.1, -0.05) is 12.1 Å². The zero-order chi connectivity index (χ0) is 21.0. The van der Waals surface area contributed by atoms with Crippen LogP contribution in [0.4, 0.5) is 5.82 Å². The fourth-order valence-electron chi connectivity index (χ4n) is 4.76. The van der Waals surface area contributed by atoms with Gasteiger partial charge in [0.25, 0.3) is 11.8 Å². The number of rotatable bonds is 5. The number of nitrogens with zero attached hydrogens (tertiary/aromatic N) is 5. The van der Waals surface area contributed by atoms with Gasteiger partial charge in [-0.2, -0.15) is 0 Å². The number of nitrogens with two attached hydrogens (primary N) is 1. The second-order valence-corrected chi connectivity index (χ2v) is 7.82. The van der Waals surface area contributed by atoms with E-state index >= 15 is 0 Å². The van der Waals surface area contributed by atoms with Crippen LogP contribution >= 0.6 is 0 Å². The first-order valence-electron chi connectivity index (χ1n) is 10.3. The number of aromatic nitrogens is 2. The molecular weight excluding hydrogens is 384 g/mol. The molecule has 0 saturated heterocycles. The van der Waals surface area contributed by atoms with E-state index in [-0.39, 0.29) is 23.8 Å². The van der Waals surface area contributed by atoms with Gasteiger partial charge in [-0.25, -0.2) is 9.98 Å². The van der Waals surface area contributed by atoms with Crippen molar-refractivity contribution in [3.8, 4) is 5.75 Å². The summed E-state index contributed by atoms with van der Waals surface area (Å²) >= 11 is 0. The summed E-state index contributed by atoms with van der Waals surface area (Å²) in [6, 6.07) is 7.82. The normalized spacial score (nSPS) is 21.9. The maximum Gasteiger partial charge on any atom is 0.284 e. The van der Waals surface area contributed by atoms with Crippen LogP contribution < -0.4 is 15.4 Å². The van der Waals surface area contributed by atoms with Crippen molar-refractivity contribution in [2.45, 2.75) is 44.8 Å². The Morgan fingerprint density at radius 3 is 2.70 bits per heavy atom. The summed E-state index contributed by atoms with van der Waals surface area (Å²) in [5.41, 5.74) is 6.97. The summed E-state index contributed by atoms with van der Waals surface area (Å²) in [7, 11) is 1.61. The molecule has 0 radical (unpaired) electrons. The molecular formula is C21H24N6O3. The highest BCUT2D eigenvalue weighted by molar-refractivity contribution is 6.19. The monoisotopic (exact) mass is 408 g/mol. The first kappa shape index (κ1) is 18.7. The second-order valence-electron chi connectivity index (χ2n) is 7.82. The van der Waals surface area contributed by atoms with E-state index in [1.807, 2.05) is 31.2 Å². The molecule has 1 aliphatic carbocycles. The van der Waals surface area contributed by atoms with Crippen molar-refractivity contribution in [1.82, 2.24) is 14.5 Å². The average molecular weight is 408 g/mol. The summed E-state index contributed by atoms with van der Waals surface area (Å²) in [4.78, 5) is 38.8. The molecule has 5 rings (SSSR count). The second kappa shape index (κ2) is 6.86. The number of carbonyl (C=O) groups excluding carboxylic acids is 2. The number of aliphatic imine (C=N–C) groups is 1. The Kier molecular flexibility index (Phi) is 4.27. The number of carbonyl (C=O) groups is 2. The number of primary amides is 1. The van der Waals surface area contributed by atoms with Crippen molar-refractivity contribution < 1.29 is 14.3 Å². The molecule has 9 heteroatoms. The van der Waals surface area contributed by atoms with E-state index in [0.29, 0.717) is 30.6 Å². The number of amides is 2. The molecule has 1 saturated carbocycles. The minimum absolute atomic E-state index is 0.0860. The zero-order valence-electron chi connectivity index (χ0n) is 17.0. The van der Waals surface area contributed by atoms with Gasteiger partial charge < -0.3 is 15.0 Å². The van der Waals surface area contributed by atoms with Crippen molar-refractivity contribution in [2.24, 2.45) is 10.7 Å². The molecule has 2 aliphatic heterocycles. The number of anilines is 1. The Balaban J connectivity index is 1.64. The summed E-state index contributed by atoms with van der Waals surface area (Å²) < 4.78 is 6.86. The molecule has 2 amide bonds. The van der Waals surface area contributed by atoms with Gasteiger partial charge in [0.05, 0.1) is 25.7 Å². The molecule has 30 heavy (non-hydrogen) atoms. The highest BCUT2D eigenvalue weighted by Crippen LogP contribution is 2.41. The smallest absolute Gasteiger partial charge is 0.284 e. The molecule has 1 aromatic heterocycles. The summed E-state index contributed by atoms with van der Waals surface area (Å²) in [6.45, 7) is 2.73. The third kappa shape index (κ3) is 2.61. The van der Waals surface area contributed by atoms with E-state index in [2.05, 4.69) is 9.88 Å². The molecule has 0 bridgehead atoms. The van der Waals surface area contributed by atoms with Crippen LogP contribution in [-0.4, -0.2) is 58.0 Å². The predicted molar refractivity (Wildman–Crippen MR) is 111 cm³/mol. The van der Waals surface area contributed by atoms with Crippen molar-refractivity contribution in [1.29, 1.82) is 0 Å². The van der Waals surface area contributed by atoms with E-state index in [9.17, 15) is 9.59 Å². The molecule has 0 unspecified atom stereocenters. The van der Waals surface area contributed by atoms with Gasteiger partial charge in [0.1, 0.15) is 5.75 Å². The van der Waals surface area contributed by atoms with E-state index in [0.717, 1.165) is 30.6 Å². The Bertz CT molecular complexity index is 1060. The number of guanidine groups is 1. The Hall–Kier alpha value is -3.36. The maximum atomic E-state index is 13.4. The fraction of sp³-hybridized carbons (Fsp3) is 0.429. The molecule has 1 aromatic carbocycles. The number of ether oxygens (including phenoxy) is 1. The SMILES string of the molecule is CCN1C(=O)c2c(nc(C(N)=O)n2Cc2ccc(OC)cc2)N2C1=N[C@@H]1CCC[C@@H]12. The minimum Gasteiger partial charge on any atom is -0.497 e. The standard InChI is InChI=1S/C21H24N6O3/c1-3-25-20(29)16-18(27-15-6-4-5-14(15)23-21(25)27)24-19(17(22)28)26(16)11-12-7-9-13(30-2)10-8-12/h7-10,14-15H,3-6,11H2,1-2H3,(H2,22,28)/t14-,15+/m1/s1. The maximum absolute atomic E-state index is 13.4.